The van der Waals surface area contributed by atoms with E-state index in [9.17, 15) is 14.4 Å². The van der Waals surface area contributed by atoms with Crippen molar-refractivity contribution < 1.29 is 9.53 Å². The van der Waals surface area contributed by atoms with E-state index in [1.807, 2.05) is 49.6 Å². The normalized spacial score (nSPS) is 16.9. The average molecular weight is 645 g/mol. The largest absolute Gasteiger partial charge is 0.444 e. The van der Waals surface area contributed by atoms with E-state index in [1.165, 1.54) is 0 Å². The topological polar surface area (TPSA) is 141 Å². The van der Waals surface area contributed by atoms with Gasteiger partial charge in [-0.3, -0.25) is 19.6 Å². The van der Waals surface area contributed by atoms with Gasteiger partial charge in [-0.15, -0.1) is 0 Å². The number of pyridine rings is 4. The molecule has 6 rings (SSSR count). The van der Waals surface area contributed by atoms with E-state index in [0.29, 0.717) is 19.1 Å². The molecule has 0 unspecified atom stereocenters. The third-order valence-electron chi connectivity index (χ3n) is 8.81. The quantitative estimate of drug-likeness (QED) is 0.310. The number of fused-ring (bicyclic) bond motifs is 2. The number of rotatable bonds is 7. The molecule has 252 valence electrons. The molecule has 0 saturated carbocycles. The Bertz CT molecular complexity index is 1750. The lowest BCUT2D eigenvalue weighted by atomic mass is 10.1. The maximum absolute atomic E-state index is 12.2. The maximum Gasteiger partial charge on any atom is 0.407 e. The number of ether oxygens (including phenoxy) is 1. The zero-order valence-corrected chi connectivity index (χ0v) is 27.8. The van der Waals surface area contributed by atoms with Gasteiger partial charge >= 0.3 is 6.09 Å². The number of carbonyl (C=O) groups excluding carboxylic acids is 1. The second-order valence-corrected chi connectivity index (χ2v) is 13.5. The van der Waals surface area contributed by atoms with E-state index in [-0.39, 0.29) is 23.3 Å². The van der Waals surface area contributed by atoms with Crippen molar-refractivity contribution in [1.29, 1.82) is 0 Å². The van der Waals surface area contributed by atoms with Crippen LogP contribution in [0.3, 0.4) is 0 Å². The number of nitrogens with one attached hydrogen (secondary N) is 1. The summed E-state index contributed by atoms with van der Waals surface area (Å²) in [6.07, 6.45) is 10.5. The number of likely N-dealkylation sites (tertiary alicyclic amines) is 2. The lowest BCUT2D eigenvalue weighted by molar-refractivity contribution is 0.0478. The molecule has 47 heavy (non-hydrogen) atoms. The third kappa shape index (κ3) is 9.69. The minimum Gasteiger partial charge on any atom is -0.444 e. The first-order chi connectivity index (χ1) is 22.6. The highest BCUT2D eigenvalue weighted by molar-refractivity contribution is 5.78. The number of aromatic nitrogens is 4. The molecule has 12 nitrogen and oxygen atoms in total. The molecule has 2 aliphatic heterocycles. The molecule has 4 aromatic heterocycles. The molecule has 12 heteroatoms. The van der Waals surface area contributed by atoms with Crippen molar-refractivity contribution >= 4 is 27.9 Å². The molecule has 0 aromatic carbocycles. The number of hydrogen-bond donors (Lipinski definition) is 2. The molecule has 4 aromatic rings. The number of piperidine rings is 2. The van der Waals surface area contributed by atoms with Gasteiger partial charge in [-0.05, 0) is 83.8 Å². The van der Waals surface area contributed by atoms with Crippen LogP contribution in [-0.2, 0) is 17.8 Å². The lowest BCUT2D eigenvalue weighted by Gasteiger charge is -2.33. The lowest BCUT2D eigenvalue weighted by Crippen LogP contribution is -2.46. The highest BCUT2D eigenvalue weighted by Crippen LogP contribution is 2.15. The molecule has 1 amide bonds. The van der Waals surface area contributed by atoms with E-state index >= 15 is 0 Å². The first-order valence-electron chi connectivity index (χ1n) is 16.6. The van der Waals surface area contributed by atoms with E-state index in [1.54, 1.807) is 41.5 Å². The predicted octanol–water partition coefficient (Wildman–Crippen LogP) is 3.21. The molecule has 2 fully saturated rings. The molecule has 6 heterocycles. The summed E-state index contributed by atoms with van der Waals surface area (Å²) >= 11 is 0. The van der Waals surface area contributed by atoms with Crippen LogP contribution < -0.4 is 22.2 Å². The van der Waals surface area contributed by atoms with Crippen molar-refractivity contribution in [2.24, 2.45) is 5.73 Å². The van der Waals surface area contributed by atoms with E-state index in [4.69, 9.17) is 10.5 Å². The number of carbonyl (C=O) groups is 1. The summed E-state index contributed by atoms with van der Waals surface area (Å²) in [6.45, 7) is 12.4. The molecule has 0 radical (unpaired) electrons. The fourth-order valence-electron chi connectivity index (χ4n) is 6.16. The monoisotopic (exact) mass is 644 g/mol. The van der Waals surface area contributed by atoms with Crippen LogP contribution in [0.5, 0.6) is 0 Å². The van der Waals surface area contributed by atoms with Gasteiger partial charge in [0.1, 0.15) is 5.60 Å². The molecule has 2 aliphatic rings. The SMILES string of the molecule is CC(C)(C)OC(=O)NC1CCN(CCn2c(=O)ccc3ccncc32)CC1.NC1CCN(CCn2c(=O)ccc3ccncc32)CC1. The Hall–Kier alpha value is -4.13. The van der Waals surface area contributed by atoms with Gasteiger partial charge in [0.05, 0.1) is 23.4 Å². The molecule has 0 atom stereocenters. The zero-order chi connectivity index (χ0) is 33.4. The van der Waals surface area contributed by atoms with Crippen molar-refractivity contribution in [2.45, 2.75) is 77.2 Å². The van der Waals surface area contributed by atoms with Gasteiger partial charge in [0, 0.05) is 86.7 Å². The standard InChI is InChI=1S/C20H28N4O3.C15H20N4O/c1-20(2,3)27-19(26)22-16-7-10-23(11-8-16)12-13-24-17-14-21-9-6-15(17)4-5-18(24)25;16-13-4-7-18(8-5-13)9-10-19-14-11-17-6-3-12(14)1-2-15(19)20/h4-6,9,14,16H,7-8,10-13H2,1-3H3,(H,22,26);1-3,6,11,13H,4-5,7-10,16H2. The van der Waals surface area contributed by atoms with Crippen LogP contribution >= 0.6 is 0 Å². The Morgan fingerprint density at radius 1 is 0.766 bits per heavy atom. The minimum absolute atomic E-state index is 0.00280. The summed E-state index contributed by atoms with van der Waals surface area (Å²) in [5.74, 6) is 0. The highest BCUT2D eigenvalue weighted by Gasteiger charge is 2.23. The van der Waals surface area contributed by atoms with E-state index < -0.39 is 5.60 Å². The first-order valence-corrected chi connectivity index (χ1v) is 16.6. The van der Waals surface area contributed by atoms with Gasteiger partial charge in [-0.25, -0.2) is 4.79 Å². The van der Waals surface area contributed by atoms with Crippen LogP contribution in [0.2, 0.25) is 0 Å². The van der Waals surface area contributed by atoms with Crippen LogP contribution in [0.15, 0.2) is 70.8 Å². The van der Waals surface area contributed by atoms with Crippen LogP contribution in [0.1, 0.15) is 46.5 Å². The molecule has 2 saturated heterocycles. The third-order valence-corrected chi connectivity index (χ3v) is 8.81. The number of alkyl carbamates (subject to hydrolysis) is 1. The fraction of sp³-hybridized carbons (Fsp3) is 0.514. The average Bonchev–Trinajstić information content (AvgIpc) is 3.05. The smallest absolute Gasteiger partial charge is 0.407 e. The van der Waals surface area contributed by atoms with Gasteiger partial charge in [0.15, 0.2) is 0 Å². The van der Waals surface area contributed by atoms with Crippen LogP contribution in [0.25, 0.3) is 21.8 Å². The van der Waals surface area contributed by atoms with Gasteiger partial charge in [0.25, 0.3) is 11.1 Å². The molecular weight excluding hydrogens is 596 g/mol. The summed E-state index contributed by atoms with van der Waals surface area (Å²) in [6, 6.07) is 11.3. The fourth-order valence-corrected chi connectivity index (χ4v) is 6.16. The Balaban J connectivity index is 0.000000193. The molecule has 0 bridgehead atoms. The second kappa shape index (κ2) is 15.6. The summed E-state index contributed by atoms with van der Waals surface area (Å²) in [4.78, 5) is 49.2. The minimum atomic E-state index is -0.481. The summed E-state index contributed by atoms with van der Waals surface area (Å²) in [5.41, 5.74) is 7.25. The Labute approximate surface area is 275 Å². The van der Waals surface area contributed by atoms with Crippen molar-refractivity contribution in [3.05, 3.63) is 81.9 Å². The summed E-state index contributed by atoms with van der Waals surface area (Å²) in [5, 5.41) is 5.03. The van der Waals surface area contributed by atoms with Crippen molar-refractivity contribution in [3.8, 4) is 0 Å². The van der Waals surface area contributed by atoms with Crippen molar-refractivity contribution in [3.63, 3.8) is 0 Å². The van der Waals surface area contributed by atoms with E-state index in [2.05, 4.69) is 25.1 Å². The Morgan fingerprint density at radius 2 is 1.23 bits per heavy atom. The number of nitrogens with zero attached hydrogens (tertiary/aromatic N) is 6. The van der Waals surface area contributed by atoms with Crippen molar-refractivity contribution in [1.82, 2.24) is 34.2 Å². The van der Waals surface area contributed by atoms with Crippen LogP contribution in [0.4, 0.5) is 4.79 Å². The van der Waals surface area contributed by atoms with Gasteiger partial charge in [0.2, 0.25) is 0 Å². The number of amides is 1. The van der Waals surface area contributed by atoms with Gasteiger partial charge in [-0.2, -0.15) is 0 Å². The Kier molecular flexibility index (Phi) is 11.4. The van der Waals surface area contributed by atoms with Gasteiger partial charge in [-0.1, -0.05) is 0 Å². The number of nitrogens with two attached hydrogens (primary N) is 1. The summed E-state index contributed by atoms with van der Waals surface area (Å²) < 4.78 is 8.92. The predicted molar refractivity (Wildman–Crippen MR) is 184 cm³/mol. The van der Waals surface area contributed by atoms with E-state index in [0.717, 1.165) is 86.8 Å². The molecule has 0 spiro atoms. The Morgan fingerprint density at radius 3 is 1.70 bits per heavy atom. The zero-order valence-electron chi connectivity index (χ0n) is 27.8. The second-order valence-electron chi connectivity index (χ2n) is 13.5. The molecular formula is C35H48N8O4. The first kappa shape index (κ1) is 34.2. The number of hydrogen-bond acceptors (Lipinski definition) is 9. The van der Waals surface area contributed by atoms with Crippen LogP contribution in [0, 0.1) is 0 Å². The molecule has 3 N–H and O–H groups in total. The van der Waals surface area contributed by atoms with Crippen molar-refractivity contribution in [2.75, 3.05) is 39.3 Å². The van der Waals surface area contributed by atoms with Gasteiger partial charge < -0.3 is 34.7 Å². The maximum atomic E-state index is 12.2. The van der Waals surface area contributed by atoms with Crippen LogP contribution in [-0.4, -0.2) is 91.9 Å². The summed E-state index contributed by atoms with van der Waals surface area (Å²) in [7, 11) is 0. The molecule has 0 aliphatic carbocycles. The highest BCUT2D eigenvalue weighted by atomic mass is 16.6.